The van der Waals surface area contributed by atoms with Gasteiger partial charge in [-0.1, -0.05) is 19.1 Å². The number of hydrogen-bond acceptors (Lipinski definition) is 3. The van der Waals surface area contributed by atoms with Crippen LogP contribution in [0.1, 0.15) is 27.2 Å². The molecule has 0 aromatic heterocycles. The zero-order valence-electron chi connectivity index (χ0n) is 10.3. The van der Waals surface area contributed by atoms with Gasteiger partial charge in [-0.25, -0.2) is 0 Å². The highest BCUT2D eigenvalue weighted by molar-refractivity contribution is 7.87. The fourth-order valence-electron chi connectivity index (χ4n) is 1.15. The minimum absolute atomic E-state index is 0.0873. The smallest absolute Gasteiger partial charge is 0.282 e. The highest BCUT2D eigenvalue weighted by atomic mass is 32.2. The van der Waals surface area contributed by atoms with Crippen molar-refractivity contribution in [2.45, 2.75) is 33.2 Å². The predicted molar refractivity (Wildman–Crippen MR) is 70.5 cm³/mol. The molecule has 7 heteroatoms. The van der Waals surface area contributed by atoms with Crippen molar-refractivity contribution in [2.75, 3.05) is 20.1 Å². The third-order valence-corrected chi connectivity index (χ3v) is 4.47. The molecule has 0 aromatic carbocycles. The molecule has 96 valence electrons. The first-order valence-electron chi connectivity index (χ1n) is 5.24. The van der Waals surface area contributed by atoms with Gasteiger partial charge in [0.25, 0.3) is 10.2 Å². The number of hydrogen-bond donors (Lipinski definition) is 1. The minimum Gasteiger partial charge on any atom is -0.392 e. The molecule has 0 amide bonds. The van der Waals surface area contributed by atoms with Crippen LogP contribution in [-0.2, 0) is 10.2 Å². The molecule has 5 nitrogen and oxygen atoms in total. The van der Waals surface area contributed by atoms with Crippen LogP contribution < -0.4 is 5.73 Å². The molecule has 0 rings (SSSR count). The Bertz CT molecular complexity index is 328. The maximum absolute atomic E-state index is 12.1. The van der Waals surface area contributed by atoms with E-state index in [1.807, 2.05) is 20.8 Å². The summed E-state index contributed by atoms with van der Waals surface area (Å²) in [6, 6.07) is -0.0873. The van der Waals surface area contributed by atoms with E-state index >= 15 is 0 Å². The summed E-state index contributed by atoms with van der Waals surface area (Å²) in [5.74, 6) is 0. The van der Waals surface area contributed by atoms with Crippen molar-refractivity contribution < 1.29 is 8.42 Å². The maximum atomic E-state index is 12.1. The van der Waals surface area contributed by atoms with Crippen molar-refractivity contribution in [2.24, 2.45) is 5.73 Å². The van der Waals surface area contributed by atoms with Gasteiger partial charge in [-0.15, -0.1) is 0 Å². The second kappa shape index (κ2) is 6.48. The van der Waals surface area contributed by atoms with E-state index < -0.39 is 10.2 Å². The van der Waals surface area contributed by atoms with Gasteiger partial charge in [0.1, 0.15) is 0 Å². The Morgan fingerprint density at radius 2 is 1.94 bits per heavy atom. The van der Waals surface area contributed by atoms with E-state index in [9.17, 15) is 8.42 Å². The molecular weight excluding hydrogens is 246 g/mol. The van der Waals surface area contributed by atoms with E-state index in [0.29, 0.717) is 6.54 Å². The second-order valence-corrected chi connectivity index (χ2v) is 6.43. The molecule has 2 N–H and O–H groups in total. The molecular formula is C9H21N3O2S2. The Labute approximate surface area is 104 Å². The molecule has 0 saturated heterocycles. The average molecular weight is 267 g/mol. The topological polar surface area (TPSA) is 66.6 Å². The summed E-state index contributed by atoms with van der Waals surface area (Å²) in [5.41, 5.74) is 5.40. The van der Waals surface area contributed by atoms with Crippen LogP contribution in [0.3, 0.4) is 0 Å². The first-order valence-corrected chi connectivity index (χ1v) is 7.05. The Hall–Kier alpha value is -0.240. The Morgan fingerprint density at radius 1 is 1.44 bits per heavy atom. The van der Waals surface area contributed by atoms with E-state index in [0.717, 1.165) is 6.42 Å². The Morgan fingerprint density at radius 3 is 2.25 bits per heavy atom. The number of nitrogens with zero attached hydrogens (tertiary/aromatic N) is 2. The van der Waals surface area contributed by atoms with Gasteiger partial charge < -0.3 is 5.73 Å². The summed E-state index contributed by atoms with van der Waals surface area (Å²) in [5, 5.41) is 0. The SMILES string of the molecule is CCCN(CC(N)=S)S(=O)(=O)N(C)C(C)C. The van der Waals surface area contributed by atoms with Crippen LogP contribution in [0.15, 0.2) is 0 Å². The van der Waals surface area contributed by atoms with Crippen LogP contribution in [0.4, 0.5) is 0 Å². The van der Waals surface area contributed by atoms with Crippen molar-refractivity contribution in [3.05, 3.63) is 0 Å². The average Bonchev–Trinajstić information content (AvgIpc) is 2.15. The number of nitrogens with two attached hydrogens (primary N) is 1. The highest BCUT2D eigenvalue weighted by Crippen LogP contribution is 2.10. The van der Waals surface area contributed by atoms with Gasteiger partial charge >= 0.3 is 0 Å². The van der Waals surface area contributed by atoms with Crippen LogP contribution in [0.2, 0.25) is 0 Å². The quantitative estimate of drug-likeness (QED) is 0.685. The van der Waals surface area contributed by atoms with Crippen molar-refractivity contribution in [3.63, 3.8) is 0 Å². The standard InChI is InChI=1S/C9H21N3O2S2/c1-5-6-12(7-9(10)15)16(13,14)11(4)8(2)3/h8H,5-7H2,1-4H3,(H2,10,15). The van der Waals surface area contributed by atoms with Gasteiger partial charge in [0.05, 0.1) is 11.5 Å². The van der Waals surface area contributed by atoms with Crippen LogP contribution in [-0.4, -0.2) is 48.2 Å². The fourth-order valence-corrected chi connectivity index (χ4v) is 3.00. The first-order chi connectivity index (χ1) is 7.23. The first kappa shape index (κ1) is 15.8. The van der Waals surface area contributed by atoms with Gasteiger partial charge in [-0.2, -0.15) is 17.0 Å². The lowest BCUT2D eigenvalue weighted by molar-refractivity contribution is 0.350. The van der Waals surface area contributed by atoms with Crippen LogP contribution in [0, 0.1) is 0 Å². The highest BCUT2D eigenvalue weighted by Gasteiger charge is 2.28. The lowest BCUT2D eigenvalue weighted by Gasteiger charge is -2.29. The zero-order valence-corrected chi connectivity index (χ0v) is 11.9. The molecule has 0 heterocycles. The normalized spacial score (nSPS) is 12.7. The molecule has 0 bridgehead atoms. The van der Waals surface area contributed by atoms with E-state index in [2.05, 4.69) is 0 Å². The lowest BCUT2D eigenvalue weighted by atomic mass is 10.4. The molecule has 0 aliphatic rings. The second-order valence-electron chi connectivity index (χ2n) is 3.92. The van der Waals surface area contributed by atoms with Crippen molar-refractivity contribution in [3.8, 4) is 0 Å². The van der Waals surface area contributed by atoms with Gasteiger partial charge in [-0.3, -0.25) is 0 Å². The summed E-state index contributed by atoms with van der Waals surface area (Å²) >= 11 is 4.76. The van der Waals surface area contributed by atoms with Gasteiger partial charge in [0, 0.05) is 19.6 Å². The zero-order chi connectivity index (χ0) is 12.9. The molecule has 0 radical (unpaired) electrons. The summed E-state index contributed by atoms with van der Waals surface area (Å²) in [6.07, 6.45) is 0.730. The third-order valence-electron chi connectivity index (χ3n) is 2.22. The maximum Gasteiger partial charge on any atom is 0.282 e. The van der Waals surface area contributed by atoms with Crippen molar-refractivity contribution in [1.82, 2.24) is 8.61 Å². The lowest BCUT2D eigenvalue weighted by Crippen LogP contribution is -2.47. The summed E-state index contributed by atoms with van der Waals surface area (Å²) in [4.78, 5) is 0.189. The number of rotatable bonds is 7. The molecule has 0 aromatic rings. The largest absolute Gasteiger partial charge is 0.392 e. The summed E-state index contributed by atoms with van der Waals surface area (Å²) < 4.78 is 26.9. The molecule has 0 atom stereocenters. The van der Waals surface area contributed by atoms with E-state index in [1.165, 1.54) is 8.61 Å². The number of thiocarbonyl (C=S) groups is 1. The van der Waals surface area contributed by atoms with E-state index in [4.69, 9.17) is 18.0 Å². The molecule has 0 spiro atoms. The Kier molecular flexibility index (Phi) is 6.39. The summed E-state index contributed by atoms with van der Waals surface area (Å²) in [7, 11) is -1.90. The van der Waals surface area contributed by atoms with E-state index in [1.54, 1.807) is 7.05 Å². The van der Waals surface area contributed by atoms with Crippen LogP contribution in [0.25, 0.3) is 0 Å². The molecule has 0 aliphatic carbocycles. The minimum atomic E-state index is -3.46. The third kappa shape index (κ3) is 4.32. The van der Waals surface area contributed by atoms with Crippen molar-refractivity contribution >= 4 is 27.4 Å². The molecule has 0 fully saturated rings. The molecule has 0 saturated carbocycles. The Balaban J connectivity index is 4.96. The van der Waals surface area contributed by atoms with E-state index in [-0.39, 0.29) is 17.6 Å². The van der Waals surface area contributed by atoms with Gasteiger partial charge in [0.15, 0.2) is 0 Å². The summed E-state index contributed by atoms with van der Waals surface area (Å²) in [6.45, 7) is 6.08. The van der Waals surface area contributed by atoms with Gasteiger partial charge in [0.2, 0.25) is 0 Å². The van der Waals surface area contributed by atoms with Crippen LogP contribution >= 0.6 is 12.2 Å². The van der Waals surface area contributed by atoms with Crippen molar-refractivity contribution in [1.29, 1.82) is 0 Å². The predicted octanol–water partition coefficient (Wildman–Crippen LogP) is 0.570. The fraction of sp³-hybridized carbons (Fsp3) is 0.889. The molecule has 0 unspecified atom stereocenters. The van der Waals surface area contributed by atoms with Crippen LogP contribution in [0.5, 0.6) is 0 Å². The van der Waals surface area contributed by atoms with Gasteiger partial charge in [-0.05, 0) is 20.3 Å². The monoisotopic (exact) mass is 267 g/mol. The molecule has 16 heavy (non-hydrogen) atoms. The molecule has 0 aliphatic heterocycles.